The van der Waals surface area contributed by atoms with Crippen molar-refractivity contribution in [2.45, 2.75) is 26.2 Å². The molecule has 5 heteroatoms. The third kappa shape index (κ3) is 3.82. The Hall–Kier alpha value is -1.88. The standard InChI is InChI=1S/C16H21N3OS/c1-4-18-13-7-8-17-10-12(13)15(20)19-11-16(2,3)14-6-5-9-21-14/h5-10H,4,11H2,1-3H3,(H,17,18)(H,19,20). The average Bonchev–Trinajstić information content (AvgIpc) is 3.01. The Morgan fingerprint density at radius 2 is 2.19 bits per heavy atom. The predicted octanol–water partition coefficient (Wildman–Crippen LogP) is 3.28. The summed E-state index contributed by atoms with van der Waals surface area (Å²) in [6, 6.07) is 5.96. The van der Waals surface area contributed by atoms with Gasteiger partial charge in [-0.15, -0.1) is 11.3 Å². The van der Waals surface area contributed by atoms with Crippen LogP contribution in [0.1, 0.15) is 36.0 Å². The molecule has 2 aromatic heterocycles. The van der Waals surface area contributed by atoms with Crippen LogP contribution in [0, 0.1) is 0 Å². The summed E-state index contributed by atoms with van der Waals surface area (Å²) in [4.78, 5) is 17.7. The highest BCUT2D eigenvalue weighted by molar-refractivity contribution is 7.10. The molecule has 0 aliphatic heterocycles. The quantitative estimate of drug-likeness (QED) is 0.861. The van der Waals surface area contributed by atoms with Gasteiger partial charge in [0.1, 0.15) is 0 Å². The molecular formula is C16H21N3OS. The summed E-state index contributed by atoms with van der Waals surface area (Å²) in [6.45, 7) is 7.63. The SMILES string of the molecule is CCNc1ccncc1C(=O)NCC(C)(C)c1cccs1. The number of thiophene rings is 1. The second-order valence-corrected chi connectivity index (χ2v) is 6.44. The van der Waals surface area contributed by atoms with E-state index in [2.05, 4.69) is 40.9 Å². The van der Waals surface area contributed by atoms with Crippen molar-refractivity contribution in [2.24, 2.45) is 0 Å². The Bertz CT molecular complexity index is 593. The van der Waals surface area contributed by atoms with Crippen LogP contribution in [0.3, 0.4) is 0 Å². The highest BCUT2D eigenvalue weighted by Crippen LogP contribution is 2.26. The van der Waals surface area contributed by atoms with Crippen molar-refractivity contribution < 1.29 is 4.79 Å². The fourth-order valence-corrected chi connectivity index (χ4v) is 2.92. The largest absolute Gasteiger partial charge is 0.385 e. The van der Waals surface area contributed by atoms with Gasteiger partial charge in [-0.2, -0.15) is 0 Å². The number of rotatable bonds is 6. The Kier molecular flexibility index (Phi) is 4.96. The molecule has 21 heavy (non-hydrogen) atoms. The van der Waals surface area contributed by atoms with Crippen LogP contribution in [0.2, 0.25) is 0 Å². The highest BCUT2D eigenvalue weighted by atomic mass is 32.1. The van der Waals surface area contributed by atoms with Crippen LogP contribution in [-0.2, 0) is 5.41 Å². The van der Waals surface area contributed by atoms with Gasteiger partial charge in [-0.3, -0.25) is 9.78 Å². The van der Waals surface area contributed by atoms with Gasteiger partial charge >= 0.3 is 0 Å². The van der Waals surface area contributed by atoms with Crippen LogP contribution < -0.4 is 10.6 Å². The van der Waals surface area contributed by atoms with E-state index in [1.165, 1.54) is 4.88 Å². The van der Waals surface area contributed by atoms with Crippen molar-refractivity contribution in [3.8, 4) is 0 Å². The van der Waals surface area contributed by atoms with Gasteiger partial charge < -0.3 is 10.6 Å². The molecule has 4 nitrogen and oxygen atoms in total. The molecule has 0 unspecified atom stereocenters. The van der Waals surface area contributed by atoms with Crippen LogP contribution in [0.25, 0.3) is 0 Å². The van der Waals surface area contributed by atoms with Gasteiger partial charge in [0.25, 0.3) is 5.91 Å². The van der Waals surface area contributed by atoms with Gasteiger partial charge in [0, 0.05) is 35.8 Å². The molecule has 2 aromatic rings. The van der Waals surface area contributed by atoms with Crippen LogP contribution >= 0.6 is 11.3 Å². The molecule has 0 saturated carbocycles. The second-order valence-electron chi connectivity index (χ2n) is 5.50. The number of anilines is 1. The van der Waals surface area contributed by atoms with Crippen molar-refractivity contribution in [3.63, 3.8) is 0 Å². The minimum absolute atomic E-state index is 0.0790. The van der Waals surface area contributed by atoms with Crippen LogP contribution in [0.4, 0.5) is 5.69 Å². The van der Waals surface area contributed by atoms with Crippen LogP contribution in [0.5, 0.6) is 0 Å². The maximum Gasteiger partial charge on any atom is 0.254 e. The molecule has 1 amide bonds. The third-order valence-electron chi connectivity index (χ3n) is 3.31. The first-order valence-electron chi connectivity index (χ1n) is 7.04. The smallest absolute Gasteiger partial charge is 0.254 e. The molecule has 0 radical (unpaired) electrons. The van der Waals surface area contributed by atoms with Crippen molar-refractivity contribution in [2.75, 3.05) is 18.4 Å². The Morgan fingerprint density at radius 1 is 1.38 bits per heavy atom. The average molecular weight is 303 g/mol. The molecule has 2 heterocycles. The first-order chi connectivity index (χ1) is 10.0. The van der Waals surface area contributed by atoms with Gasteiger partial charge in [-0.05, 0) is 24.4 Å². The summed E-state index contributed by atoms with van der Waals surface area (Å²) in [5, 5.41) is 8.26. The summed E-state index contributed by atoms with van der Waals surface area (Å²) < 4.78 is 0. The minimum atomic E-state index is -0.0938. The maximum atomic E-state index is 12.4. The predicted molar refractivity (Wildman–Crippen MR) is 88.1 cm³/mol. The van der Waals surface area contributed by atoms with Crippen molar-refractivity contribution in [1.82, 2.24) is 10.3 Å². The fourth-order valence-electron chi connectivity index (χ4n) is 2.07. The van der Waals surface area contributed by atoms with Crippen LogP contribution in [-0.4, -0.2) is 24.0 Å². The number of nitrogens with zero attached hydrogens (tertiary/aromatic N) is 1. The van der Waals surface area contributed by atoms with Gasteiger partial charge in [-0.25, -0.2) is 0 Å². The van der Waals surface area contributed by atoms with E-state index in [1.54, 1.807) is 23.7 Å². The van der Waals surface area contributed by atoms with E-state index in [9.17, 15) is 4.79 Å². The number of carbonyl (C=O) groups excluding carboxylic acids is 1. The summed E-state index contributed by atoms with van der Waals surface area (Å²) in [5.74, 6) is -0.0938. The topological polar surface area (TPSA) is 54.0 Å². The molecule has 0 aliphatic rings. The maximum absolute atomic E-state index is 12.4. The molecule has 0 spiro atoms. The molecule has 0 fully saturated rings. The lowest BCUT2D eigenvalue weighted by Crippen LogP contribution is -2.36. The number of pyridine rings is 1. The minimum Gasteiger partial charge on any atom is -0.385 e. The third-order valence-corrected chi connectivity index (χ3v) is 4.55. The molecule has 0 atom stereocenters. The van der Waals surface area contributed by atoms with E-state index in [-0.39, 0.29) is 11.3 Å². The normalized spacial score (nSPS) is 11.2. The zero-order chi connectivity index (χ0) is 15.3. The summed E-state index contributed by atoms with van der Waals surface area (Å²) >= 11 is 1.71. The lowest BCUT2D eigenvalue weighted by Gasteiger charge is -2.24. The number of amides is 1. The summed E-state index contributed by atoms with van der Waals surface area (Å²) in [6.07, 6.45) is 3.29. The lowest BCUT2D eigenvalue weighted by atomic mass is 9.91. The number of aromatic nitrogens is 1. The molecule has 112 valence electrons. The van der Waals surface area contributed by atoms with E-state index in [4.69, 9.17) is 0 Å². The molecule has 0 saturated heterocycles. The van der Waals surface area contributed by atoms with Crippen LogP contribution in [0.15, 0.2) is 36.0 Å². The Morgan fingerprint density at radius 3 is 2.86 bits per heavy atom. The first-order valence-corrected chi connectivity index (χ1v) is 7.92. The second kappa shape index (κ2) is 6.72. The number of nitrogens with one attached hydrogen (secondary N) is 2. The lowest BCUT2D eigenvalue weighted by molar-refractivity contribution is 0.0946. The molecular weight excluding hydrogens is 282 g/mol. The van der Waals surface area contributed by atoms with E-state index in [0.29, 0.717) is 12.1 Å². The van der Waals surface area contributed by atoms with E-state index in [0.717, 1.165) is 12.2 Å². The first kappa shape index (κ1) is 15.5. The van der Waals surface area contributed by atoms with Gasteiger partial charge in [0.2, 0.25) is 0 Å². The Labute approximate surface area is 129 Å². The van der Waals surface area contributed by atoms with E-state index in [1.807, 2.05) is 19.1 Å². The molecule has 0 aliphatic carbocycles. The molecule has 2 N–H and O–H groups in total. The number of hydrogen-bond donors (Lipinski definition) is 2. The number of hydrogen-bond acceptors (Lipinski definition) is 4. The van der Waals surface area contributed by atoms with Gasteiger partial charge in [-0.1, -0.05) is 19.9 Å². The van der Waals surface area contributed by atoms with E-state index >= 15 is 0 Å². The fraction of sp³-hybridized carbons (Fsp3) is 0.375. The number of carbonyl (C=O) groups is 1. The van der Waals surface area contributed by atoms with Crippen molar-refractivity contribution in [3.05, 3.63) is 46.4 Å². The zero-order valence-electron chi connectivity index (χ0n) is 12.6. The summed E-state index contributed by atoms with van der Waals surface area (Å²) in [7, 11) is 0. The highest BCUT2D eigenvalue weighted by Gasteiger charge is 2.23. The Balaban J connectivity index is 2.05. The van der Waals surface area contributed by atoms with Gasteiger partial charge in [0.05, 0.1) is 11.3 Å². The van der Waals surface area contributed by atoms with E-state index < -0.39 is 0 Å². The van der Waals surface area contributed by atoms with Crippen molar-refractivity contribution >= 4 is 22.9 Å². The van der Waals surface area contributed by atoms with Gasteiger partial charge in [0.15, 0.2) is 0 Å². The molecule has 2 rings (SSSR count). The molecule has 0 bridgehead atoms. The molecule has 0 aromatic carbocycles. The zero-order valence-corrected chi connectivity index (χ0v) is 13.5. The monoisotopic (exact) mass is 303 g/mol. The summed E-state index contributed by atoms with van der Waals surface area (Å²) in [5.41, 5.74) is 1.32. The van der Waals surface area contributed by atoms with Crippen molar-refractivity contribution in [1.29, 1.82) is 0 Å².